The minimum Gasteiger partial charge on any atom is -0.507 e. The summed E-state index contributed by atoms with van der Waals surface area (Å²) in [5.74, 6) is -1.74. The fourth-order valence-electron chi connectivity index (χ4n) is 3.08. The topological polar surface area (TPSA) is 141 Å². The molecule has 3 aromatic rings. The van der Waals surface area contributed by atoms with Gasteiger partial charge in [0.05, 0.1) is 26.4 Å². The Morgan fingerprint density at radius 3 is 2.46 bits per heavy atom. The smallest absolute Gasteiger partial charge is 0.208 e. The fourth-order valence-corrected chi connectivity index (χ4v) is 3.08. The van der Waals surface area contributed by atoms with E-state index in [2.05, 4.69) is 0 Å². The van der Waals surface area contributed by atoms with E-state index in [4.69, 9.17) is 9.15 Å². The number of rotatable bonds is 5. The summed E-state index contributed by atoms with van der Waals surface area (Å²) in [6.45, 7) is -1.28. The van der Waals surface area contributed by atoms with Crippen molar-refractivity contribution in [2.45, 2.75) is 12.0 Å². The van der Waals surface area contributed by atoms with Gasteiger partial charge in [0, 0.05) is 17.5 Å². The Balaban J connectivity index is 2.53. The third-order valence-corrected chi connectivity index (χ3v) is 4.37. The van der Waals surface area contributed by atoms with Crippen LogP contribution in [0.1, 0.15) is 11.5 Å². The van der Waals surface area contributed by atoms with Crippen LogP contribution in [0, 0.1) is 0 Å². The quantitative estimate of drug-likeness (QED) is 0.420. The number of phenols is 2. The first-order valence-corrected chi connectivity index (χ1v) is 7.82. The third kappa shape index (κ3) is 2.64. The van der Waals surface area contributed by atoms with Crippen molar-refractivity contribution in [2.75, 3.05) is 20.3 Å². The van der Waals surface area contributed by atoms with Crippen molar-refractivity contribution in [2.24, 2.45) is 0 Å². The van der Waals surface area contributed by atoms with Crippen LogP contribution in [0.15, 0.2) is 33.5 Å². The average Bonchev–Trinajstić information content (AvgIpc) is 2.63. The lowest BCUT2D eigenvalue weighted by atomic mass is 9.91. The lowest BCUT2D eigenvalue weighted by Gasteiger charge is -2.22. The SMILES string of the molecule is COc1cc(O)c([C@H](CO)[C@H](O)CO)c2oc3cccc(O)c3c(=O)c12. The third-order valence-electron chi connectivity index (χ3n) is 4.37. The molecule has 8 nitrogen and oxygen atoms in total. The summed E-state index contributed by atoms with van der Waals surface area (Å²) in [6, 6.07) is 5.45. The number of hydrogen-bond acceptors (Lipinski definition) is 8. The molecular weight excluding hydrogens is 344 g/mol. The highest BCUT2D eigenvalue weighted by molar-refractivity contribution is 5.98. The van der Waals surface area contributed by atoms with E-state index in [0.29, 0.717) is 0 Å². The molecule has 0 unspecified atom stereocenters. The lowest BCUT2D eigenvalue weighted by molar-refractivity contribution is 0.0520. The molecule has 0 aliphatic heterocycles. The summed E-state index contributed by atoms with van der Waals surface area (Å²) in [7, 11) is 1.30. The average molecular weight is 362 g/mol. The van der Waals surface area contributed by atoms with Crippen molar-refractivity contribution < 1.29 is 34.7 Å². The molecule has 0 amide bonds. The van der Waals surface area contributed by atoms with E-state index in [9.17, 15) is 30.3 Å². The number of fused-ring (bicyclic) bond motifs is 2. The summed E-state index contributed by atoms with van der Waals surface area (Å²) < 4.78 is 10.9. The first-order chi connectivity index (χ1) is 12.4. The fraction of sp³-hybridized carbons (Fsp3) is 0.278. The molecule has 0 saturated heterocycles. The highest BCUT2D eigenvalue weighted by Gasteiger charge is 2.29. The molecule has 0 saturated carbocycles. The summed E-state index contributed by atoms with van der Waals surface area (Å²) in [6.07, 6.45) is -1.40. The first-order valence-electron chi connectivity index (χ1n) is 7.82. The van der Waals surface area contributed by atoms with E-state index in [-0.39, 0.29) is 44.8 Å². The van der Waals surface area contributed by atoms with Crippen LogP contribution in [0.2, 0.25) is 0 Å². The molecule has 2 aromatic carbocycles. The molecule has 0 radical (unpaired) electrons. The highest BCUT2D eigenvalue weighted by Crippen LogP contribution is 2.40. The van der Waals surface area contributed by atoms with Crippen LogP contribution >= 0.6 is 0 Å². The zero-order chi connectivity index (χ0) is 19.0. The summed E-state index contributed by atoms with van der Waals surface area (Å²) in [4.78, 5) is 12.9. The van der Waals surface area contributed by atoms with Crippen molar-refractivity contribution in [1.29, 1.82) is 0 Å². The maximum atomic E-state index is 12.9. The van der Waals surface area contributed by atoms with Gasteiger partial charge in [-0.15, -0.1) is 0 Å². The van der Waals surface area contributed by atoms with Crippen LogP contribution in [-0.2, 0) is 0 Å². The van der Waals surface area contributed by atoms with Crippen LogP contribution in [-0.4, -0.2) is 52.0 Å². The molecule has 1 heterocycles. The summed E-state index contributed by atoms with van der Waals surface area (Å²) in [5, 5.41) is 49.2. The van der Waals surface area contributed by atoms with Gasteiger partial charge in [-0.2, -0.15) is 0 Å². The standard InChI is InChI=1S/C18H18O8/c1-25-13-5-10(22)14(8(6-19)11(23)7-20)18-16(13)17(24)15-9(21)3-2-4-12(15)26-18/h2-5,8,11,19-23H,6-7H2,1H3/t8-,11-/m1/s1. The van der Waals surface area contributed by atoms with Gasteiger partial charge in [-0.05, 0) is 12.1 Å². The van der Waals surface area contributed by atoms with Gasteiger partial charge in [0.25, 0.3) is 0 Å². The van der Waals surface area contributed by atoms with Crippen LogP contribution in [0.5, 0.6) is 17.2 Å². The van der Waals surface area contributed by atoms with Crippen molar-refractivity contribution >= 4 is 21.9 Å². The molecule has 2 atom stereocenters. The Morgan fingerprint density at radius 1 is 1.12 bits per heavy atom. The van der Waals surface area contributed by atoms with Crippen molar-refractivity contribution in [1.82, 2.24) is 0 Å². The number of methoxy groups -OCH3 is 1. The Labute approximate surface area is 147 Å². The lowest BCUT2D eigenvalue weighted by Crippen LogP contribution is -2.26. The van der Waals surface area contributed by atoms with E-state index in [1.54, 1.807) is 0 Å². The van der Waals surface area contributed by atoms with Gasteiger partial charge in [0.2, 0.25) is 5.43 Å². The second-order valence-electron chi connectivity index (χ2n) is 5.84. The number of benzene rings is 2. The normalized spacial score (nSPS) is 13.8. The van der Waals surface area contributed by atoms with E-state index >= 15 is 0 Å². The Kier molecular flexibility index (Phi) is 4.73. The minimum absolute atomic E-state index is 0.00957. The van der Waals surface area contributed by atoms with Crippen LogP contribution < -0.4 is 10.2 Å². The number of hydrogen-bond donors (Lipinski definition) is 5. The second kappa shape index (κ2) is 6.83. The molecule has 3 rings (SSSR count). The predicted octanol–water partition coefficient (Wildman–Crippen LogP) is 0.795. The zero-order valence-corrected chi connectivity index (χ0v) is 13.8. The molecule has 0 aliphatic carbocycles. The van der Waals surface area contributed by atoms with Gasteiger partial charge in [0.1, 0.15) is 39.2 Å². The van der Waals surface area contributed by atoms with Crippen molar-refractivity contribution in [3.8, 4) is 17.2 Å². The van der Waals surface area contributed by atoms with Crippen molar-refractivity contribution in [3.63, 3.8) is 0 Å². The minimum atomic E-state index is -1.40. The maximum Gasteiger partial charge on any atom is 0.208 e. The van der Waals surface area contributed by atoms with Gasteiger partial charge in [0.15, 0.2) is 0 Å². The van der Waals surface area contributed by atoms with Crippen LogP contribution in [0.4, 0.5) is 0 Å². The second-order valence-corrected chi connectivity index (χ2v) is 5.84. The number of aliphatic hydroxyl groups excluding tert-OH is 3. The molecule has 8 heteroatoms. The van der Waals surface area contributed by atoms with Gasteiger partial charge < -0.3 is 34.7 Å². The molecule has 26 heavy (non-hydrogen) atoms. The van der Waals surface area contributed by atoms with Crippen LogP contribution in [0.25, 0.3) is 21.9 Å². The molecule has 0 aliphatic rings. The molecular formula is C18H18O8. The number of phenolic OH excluding ortho intramolecular Hbond substituents is 2. The van der Waals surface area contributed by atoms with Gasteiger partial charge in [-0.1, -0.05) is 6.07 Å². The molecule has 0 fully saturated rings. The number of aromatic hydroxyl groups is 2. The first kappa shape index (κ1) is 18.0. The molecule has 138 valence electrons. The Morgan fingerprint density at radius 2 is 1.85 bits per heavy atom. The zero-order valence-electron chi connectivity index (χ0n) is 13.8. The molecule has 0 bridgehead atoms. The van der Waals surface area contributed by atoms with Crippen LogP contribution in [0.3, 0.4) is 0 Å². The highest BCUT2D eigenvalue weighted by atomic mass is 16.5. The molecule has 0 spiro atoms. The van der Waals surface area contributed by atoms with E-state index in [1.807, 2.05) is 0 Å². The van der Waals surface area contributed by atoms with E-state index in [0.717, 1.165) is 6.07 Å². The van der Waals surface area contributed by atoms with Gasteiger partial charge in [-0.3, -0.25) is 4.79 Å². The molecule has 1 aromatic heterocycles. The Hall–Kier alpha value is -2.81. The Bertz CT molecular complexity index is 1020. The largest absolute Gasteiger partial charge is 0.507 e. The van der Waals surface area contributed by atoms with Crippen molar-refractivity contribution in [3.05, 3.63) is 40.1 Å². The van der Waals surface area contributed by atoms with Gasteiger partial charge in [-0.25, -0.2) is 0 Å². The number of ether oxygens (including phenoxy) is 1. The molecule has 5 N–H and O–H groups in total. The van der Waals surface area contributed by atoms with E-state index in [1.165, 1.54) is 25.3 Å². The summed E-state index contributed by atoms with van der Waals surface area (Å²) >= 11 is 0. The summed E-state index contributed by atoms with van der Waals surface area (Å²) in [5.41, 5.74) is -0.664. The number of aliphatic hydroxyl groups is 3. The predicted molar refractivity (Wildman–Crippen MR) is 92.8 cm³/mol. The van der Waals surface area contributed by atoms with E-state index < -0.39 is 30.7 Å². The van der Waals surface area contributed by atoms with Gasteiger partial charge >= 0.3 is 0 Å². The monoisotopic (exact) mass is 362 g/mol. The maximum absolute atomic E-state index is 12.9.